The second-order valence-corrected chi connectivity index (χ2v) is 10.4. The number of hydrogen-bond acceptors (Lipinski definition) is 5. The Bertz CT molecular complexity index is 1630. The number of hydrogen-bond donors (Lipinski definition) is 0. The van der Waals surface area contributed by atoms with Crippen molar-refractivity contribution in [2.75, 3.05) is 13.2 Å². The van der Waals surface area contributed by atoms with Crippen LogP contribution in [0.15, 0.2) is 100 Å². The maximum absolute atomic E-state index is 14.1. The van der Waals surface area contributed by atoms with Crippen molar-refractivity contribution in [2.24, 2.45) is 0 Å². The number of nitrogens with zero attached hydrogens (tertiary/aromatic N) is 3. The molecule has 1 saturated heterocycles. The standard InChI is InChI=1S/C31H28BrN3O4/c32-24-11-12-26-28(19-24)34(25-15-17-37-18-16-25)31(36)35(26)27-13-14-29(38-20-22-7-3-1-4-8-22)33-30(27)39-21-23-9-5-2-6-10-23/h1-14,19,25H,15-18,20-21H2. The molecule has 5 aromatic rings. The van der Waals surface area contributed by atoms with Crippen LogP contribution in [0.2, 0.25) is 0 Å². The van der Waals surface area contributed by atoms with Crippen LogP contribution < -0.4 is 15.2 Å². The van der Waals surface area contributed by atoms with Gasteiger partial charge in [-0.1, -0.05) is 76.6 Å². The van der Waals surface area contributed by atoms with E-state index in [0.717, 1.165) is 39.5 Å². The molecule has 6 rings (SSSR count). The number of halogens is 1. The lowest BCUT2D eigenvalue weighted by Crippen LogP contribution is -2.30. The van der Waals surface area contributed by atoms with Crippen molar-refractivity contribution >= 4 is 27.0 Å². The Morgan fingerprint density at radius 3 is 2.18 bits per heavy atom. The van der Waals surface area contributed by atoms with Gasteiger partial charge >= 0.3 is 5.69 Å². The third kappa shape index (κ3) is 5.48. The summed E-state index contributed by atoms with van der Waals surface area (Å²) < 4.78 is 22.3. The van der Waals surface area contributed by atoms with Crippen molar-refractivity contribution < 1.29 is 14.2 Å². The third-order valence-electron chi connectivity index (χ3n) is 6.89. The van der Waals surface area contributed by atoms with Gasteiger partial charge in [0.1, 0.15) is 18.9 Å². The minimum Gasteiger partial charge on any atom is -0.473 e. The molecule has 0 amide bonds. The van der Waals surface area contributed by atoms with Gasteiger partial charge in [0.2, 0.25) is 11.8 Å². The molecule has 0 radical (unpaired) electrons. The fourth-order valence-corrected chi connectivity index (χ4v) is 5.30. The minimum atomic E-state index is -0.126. The number of rotatable bonds is 8. The van der Waals surface area contributed by atoms with E-state index in [1.54, 1.807) is 10.6 Å². The molecule has 0 atom stereocenters. The first-order valence-electron chi connectivity index (χ1n) is 13.0. The van der Waals surface area contributed by atoms with Gasteiger partial charge in [-0.25, -0.2) is 4.79 Å². The lowest BCUT2D eigenvalue weighted by atomic mass is 10.1. The average Bonchev–Trinajstić information content (AvgIpc) is 3.27. The number of pyridine rings is 1. The van der Waals surface area contributed by atoms with E-state index in [1.165, 1.54) is 0 Å². The molecule has 0 unspecified atom stereocenters. The van der Waals surface area contributed by atoms with Gasteiger partial charge < -0.3 is 14.2 Å². The van der Waals surface area contributed by atoms with E-state index in [4.69, 9.17) is 19.2 Å². The van der Waals surface area contributed by atoms with Gasteiger partial charge in [0, 0.05) is 29.8 Å². The topological polar surface area (TPSA) is 67.5 Å². The van der Waals surface area contributed by atoms with Crippen molar-refractivity contribution in [3.05, 3.63) is 117 Å². The maximum Gasteiger partial charge on any atom is 0.334 e. The summed E-state index contributed by atoms with van der Waals surface area (Å²) >= 11 is 3.59. The Hall–Kier alpha value is -3.88. The SMILES string of the molecule is O=c1n(-c2ccc(OCc3ccccc3)nc2OCc2ccccc2)c2ccc(Br)cc2n1C1CCOCC1. The van der Waals surface area contributed by atoms with E-state index in [1.807, 2.05) is 89.5 Å². The molecule has 0 spiro atoms. The Morgan fingerprint density at radius 1 is 0.821 bits per heavy atom. The smallest absolute Gasteiger partial charge is 0.334 e. The van der Waals surface area contributed by atoms with Crippen LogP contribution in [-0.2, 0) is 18.0 Å². The quantitative estimate of drug-likeness (QED) is 0.209. The Balaban J connectivity index is 1.43. The summed E-state index contributed by atoms with van der Waals surface area (Å²) in [5.74, 6) is 0.759. The van der Waals surface area contributed by atoms with E-state index in [0.29, 0.717) is 43.9 Å². The molecular weight excluding hydrogens is 558 g/mol. The predicted octanol–water partition coefficient (Wildman–Crippen LogP) is 6.46. The molecule has 7 nitrogen and oxygen atoms in total. The molecule has 3 aromatic carbocycles. The zero-order chi connectivity index (χ0) is 26.6. The molecule has 0 saturated carbocycles. The molecule has 1 aliphatic rings. The summed E-state index contributed by atoms with van der Waals surface area (Å²) in [6, 6.07) is 29.4. The number of benzene rings is 3. The van der Waals surface area contributed by atoms with Crippen molar-refractivity contribution in [1.29, 1.82) is 0 Å². The van der Waals surface area contributed by atoms with Crippen LogP contribution >= 0.6 is 15.9 Å². The number of imidazole rings is 1. The average molecular weight is 586 g/mol. The lowest BCUT2D eigenvalue weighted by Gasteiger charge is -2.23. The first kappa shape index (κ1) is 25.4. The highest BCUT2D eigenvalue weighted by Crippen LogP contribution is 2.32. The molecule has 8 heteroatoms. The van der Waals surface area contributed by atoms with Crippen LogP contribution in [0.25, 0.3) is 16.7 Å². The fraction of sp³-hybridized carbons (Fsp3) is 0.226. The molecule has 0 N–H and O–H groups in total. The monoisotopic (exact) mass is 585 g/mol. The van der Waals surface area contributed by atoms with E-state index in [9.17, 15) is 4.79 Å². The second-order valence-electron chi connectivity index (χ2n) is 9.49. The zero-order valence-electron chi connectivity index (χ0n) is 21.3. The summed E-state index contributed by atoms with van der Waals surface area (Å²) in [5, 5.41) is 0. The molecule has 1 fully saturated rings. The first-order valence-corrected chi connectivity index (χ1v) is 13.8. The number of fused-ring (bicyclic) bond motifs is 1. The van der Waals surface area contributed by atoms with Crippen molar-refractivity contribution in [2.45, 2.75) is 32.1 Å². The molecule has 0 bridgehead atoms. The molecule has 3 heterocycles. The zero-order valence-corrected chi connectivity index (χ0v) is 22.9. The van der Waals surface area contributed by atoms with Crippen LogP contribution in [0, 0.1) is 0 Å². The molecule has 2 aromatic heterocycles. The van der Waals surface area contributed by atoms with E-state index in [-0.39, 0.29) is 11.7 Å². The van der Waals surface area contributed by atoms with Gasteiger partial charge in [-0.05, 0) is 48.2 Å². The van der Waals surface area contributed by atoms with Crippen LogP contribution in [0.5, 0.6) is 11.8 Å². The van der Waals surface area contributed by atoms with Crippen LogP contribution in [0.3, 0.4) is 0 Å². The second kappa shape index (κ2) is 11.5. The van der Waals surface area contributed by atoms with Crippen LogP contribution in [0.4, 0.5) is 0 Å². The third-order valence-corrected chi connectivity index (χ3v) is 7.39. The maximum atomic E-state index is 14.1. The summed E-state index contributed by atoms with van der Waals surface area (Å²) in [6.45, 7) is 1.96. The van der Waals surface area contributed by atoms with E-state index >= 15 is 0 Å². The highest BCUT2D eigenvalue weighted by Gasteiger charge is 2.25. The Morgan fingerprint density at radius 2 is 1.49 bits per heavy atom. The van der Waals surface area contributed by atoms with E-state index in [2.05, 4.69) is 15.9 Å². The summed E-state index contributed by atoms with van der Waals surface area (Å²) in [5.41, 5.74) is 4.14. The highest BCUT2D eigenvalue weighted by atomic mass is 79.9. The largest absolute Gasteiger partial charge is 0.473 e. The van der Waals surface area contributed by atoms with Gasteiger partial charge in [-0.15, -0.1) is 0 Å². The molecule has 1 aliphatic heterocycles. The van der Waals surface area contributed by atoms with Crippen LogP contribution in [-0.4, -0.2) is 27.3 Å². The lowest BCUT2D eigenvalue weighted by molar-refractivity contribution is 0.0697. The van der Waals surface area contributed by atoms with Gasteiger partial charge in [0.15, 0.2) is 0 Å². The van der Waals surface area contributed by atoms with Crippen molar-refractivity contribution in [1.82, 2.24) is 14.1 Å². The highest BCUT2D eigenvalue weighted by molar-refractivity contribution is 9.10. The normalized spacial score (nSPS) is 14.0. The van der Waals surface area contributed by atoms with Gasteiger partial charge in [0.05, 0.1) is 11.0 Å². The van der Waals surface area contributed by atoms with Crippen molar-refractivity contribution in [3.8, 4) is 17.4 Å². The van der Waals surface area contributed by atoms with Gasteiger partial charge in [-0.3, -0.25) is 9.13 Å². The number of ether oxygens (including phenoxy) is 3. The van der Waals surface area contributed by atoms with Gasteiger partial charge in [-0.2, -0.15) is 4.98 Å². The summed E-state index contributed by atoms with van der Waals surface area (Å²) in [6.07, 6.45) is 1.57. The summed E-state index contributed by atoms with van der Waals surface area (Å²) in [7, 11) is 0. The van der Waals surface area contributed by atoms with Crippen LogP contribution in [0.1, 0.15) is 30.0 Å². The van der Waals surface area contributed by atoms with E-state index < -0.39 is 0 Å². The minimum absolute atomic E-state index is 0.0550. The summed E-state index contributed by atoms with van der Waals surface area (Å²) in [4.78, 5) is 18.8. The first-order chi connectivity index (χ1) is 19.2. The molecule has 39 heavy (non-hydrogen) atoms. The molecule has 198 valence electrons. The number of aromatic nitrogens is 3. The fourth-order valence-electron chi connectivity index (χ4n) is 4.95. The molecule has 0 aliphatic carbocycles. The Kier molecular flexibility index (Phi) is 7.47. The van der Waals surface area contributed by atoms with Crippen molar-refractivity contribution in [3.63, 3.8) is 0 Å². The van der Waals surface area contributed by atoms with Gasteiger partial charge in [0.25, 0.3) is 0 Å². The molecular formula is C31H28BrN3O4. The Labute approximate surface area is 234 Å². The predicted molar refractivity (Wildman–Crippen MR) is 154 cm³/mol.